The summed E-state index contributed by atoms with van der Waals surface area (Å²) in [5.41, 5.74) is 4.42. The summed E-state index contributed by atoms with van der Waals surface area (Å²) >= 11 is 6.56. The predicted molar refractivity (Wildman–Crippen MR) is 118 cm³/mol. The van der Waals surface area contributed by atoms with Crippen LogP contribution in [0.4, 0.5) is 0 Å². The molecule has 0 spiro atoms. The molecule has 0 radical (unpaired) electrons. The van der Waals surface area contributed by atoms with Gasteiger partial charge >= 0.3 is 7.12 Å². The fraction of sp³-hybridized carbons (Fsp3) is 0.250. The van der Waals surface area contributed by atoms with Crippen LogP contribution in [0.5, 0.6) is 0 Å². The minimum absolute atomic E-state index is 0.417. The van der Waals surface area contributed by atoms with E-state index in [0.717, 1.165) is 27.7 Å². The highest BCUT2D eigenvalue weighted by Crippen LogP contribution is 2.39. The molecule has 0 bridgehead atoms. The van der Waals surface area contributed by atoms with Crippen molar-refractivity contribution in [2.24, 2.45) is 0 Å². The Morgan fingerprint density at radius 3 is 1.46 bits per heavy atom. The van der Waals surface area contributed by atoms with E-state index in [2.05, 4.69) is 52.0 Å². The molecular weight excluding hydrogens is 367 g/mol. The van der Waals surface area contributed by atoms with Crippen LogP contribution in [0, 0.1) is 0 Å². The molecule has 1 saturated heterocycles. The van der Waals surface area contributed by atoms with Crippen LogP contribution in [0.2, 0.25) is 5.02 Å². The Balaban J connectivity index is 1.97. The maximum Gasteiger partial charge on any atom is 0.496 e. The second-order valence-corrected chi connectivity index (χ2v) is 8.67. The largest absolute Gasteiger partial charge is 0.496 e. The molecule has 0 aromatic heterocycles. The van der Waals surface area contributed by atoms with Crippen molar-refractivity contribution < 1.29 is 9.31 Å². The molecule has 1 aliphatic heterocycles. The number of rotatable bonds is 3. The third-order valence-corrected chi connectivity index (χ3v) is 6.02. The van der Waals surface area contributed by atoms with Crippen molar-refractivity contribution in [1.29, 1.82) is 0 Å². The van der Waals surface area contributed by atoms with E-state index in [1.807, 2.05) is 48.5 Å². The zero-order valence-electron chi connectivity index (χ0n) is 16.7. The van der Waals surface area contributed by atoms with Gasteiger partial charge in [-0.3, -0.25) is 0 Å². The average molecular weight is 391 g/mol. The normalized spacial score (nSPS) is 17.7. The quantitative estimate of drug-likeness (QED) is 0.513. The van der Waals surface area contributed by atoms with Crippen molar-refractivity contribution in [2.45, 2.75) is 38.9 Å². The maximum atomic E-state index is 6.56. The first-order valence-corrected chi connectivity index (χ1v) is 9.96. The highest BCUT2D eigenvalue weighted by Gasteiger charge is 2.52. The van der Waals surface area contributed by atoms with E-state index < -0.39 is 18.3 Å². The monoisotopic (exact) mass is 390 g/mol. The van der Waals surface area contributed by atoms with Gasteiger partial charge in [0.2, 0.25) is 0 Å². The SMILES string of the molecule is CC1(C)OB(c2c(-c3ccccc3)cc(Cl)cc2-c2ccccc2)OC1(C)C. The molecule has 0 unspecified atom stereocenters. The lowest BCUT2D eigenvalue weighted by Crippen LogP contribution is -2.41. The van der Waals surface area contributed by atoms with Gasteiger partial charge in [0.05, 0.1) is 11.2 Å². The van der Waals surface area contributed by atoms with Gasteiger partial charge in [-0.15, -0.1) is 0 Å². The molecule has 0 N–H and O–H groups in total. The first kappa shape index (κ1) is 19.3. The molecule has 142 valence electrons. The molecule has 0 atom stereocenters. The van der Waals surface area contributed by atoms with Crippen molar-refractivity contribution in [1.82, 2.24) is 0 Å². The molecule has 3 aromatic carbocycles. The van der Waals surface area contributed by atoms with Gasteiger partial charge in [-0.05, 0) is 67.5 Å². The second-order valence-electron chi connectivity index (χ2n) is 8.23. The van der Waals surface area contributed by atoms with Gasteiger partial charge in [0, 0.05) is 5.02 Å². The summed E-state index contributed by atoms with van der Waals surface area (Å²) in [5, 5.41) is 0.693. The highest BCUT2D eigenvalue weighted by atomic mass is 35.5. The molecule has 0 saturated carbocycles. The van der Waals surface area contributed by atoms with Crippen LogP contribution < -0.4 is 5.46 Å². The van der Waals surface area contributed by atoms with Gasteiger partial charge in [0.25, 0.3) is 0 Å². The van der Waals surface area contributed by atoms with E-state index in [0.29, 0.717) is 5.02 Å². The zero-order chi connectivity index (χ0) is 19.9. The van der Waals surface area contributed by atoms with Gasteiger partial charge in [0.15, 0.2) is 0 Å². The molecule has 3 aromatic rings. The summed E-state index contributed by atoms with van der Waals surface area (Å²) in [6.07, 6.45) is 0. The Hall–Kier alpha value is -2.07. The van der Waals surface area contributed by atoms with E-state index in [-0.39, 0.29) is 0 Å². The van der Waals surface area contributed by atoms with E-state index in [1.54, 1.807) is 0 Å². The molecular formula is C24H24BClO2. The van der Waals surface area contributed by atoms with E-state index in [4.69, 9.17) is 20.9 Å². The first-order chi connectivity index (χ1) is 13.3. The average Bonchev–Trinajstić information content (AvgIpc) is 2.89. The Morgan fingerprint density at radius 1 is 0.679 bits per heavy atom. The van der Waals surface area contributed by atoms with Gasteiger partial charge in [-0.2, -0.15) is 0 Å². The van der Waals surface area contributed by atoms with Crippen molar-refractivity contribution in [2.75, 3.05) is 0 Å². The fourth-order valence-corrected chi connectivity index (χ4v) is 3.76. The lowest BCUT2D eigenvalue weighted by molar-refractivity contribution is 0.00578. The van der Waals surface area contributed by atoms with Crippen LogP contribution in [0.3, 0.4) is 0 Å². The summed E-state index contributed by atoms with van der Waals surface area (Å²) in [6.45, 7) is 8.31. The Morgan fingerprint density at radius 2 is 1.07 bits per heavy atom. The first-order valence-electron chi connectivity index (χ1n) is 9.58. The molecule has 2 nitrogen and oxygen atoms in total. The Kier molecular flexibility index (Phi) is 4.87. The fourth-order valence-electron chi connectivity index (χ4n) is 3.55. The summed E-state index contributed by atoms with van der Waals surface area (Å²) in [5.74, 6) is 0. The second kappa shape index (κ2) is 7.07. The number of hydrogen-bond donors (Lipinski definition) is 0. The third-order valence-electron chi connectivity index (χ3n) is 5.80. The molecule has 28 heavy (non-hydrogen) atoms. The molecule has 0 amide bonds. The van der Waals surface area contributed by atoms with Gasteiger partial charge in [-0.1, -0.05) is 72.3 Å². The Bertz CT molecular complexity index is 907. The summed E-state index contributed by atoms with van der Waals surface area (Å²) in [4.78, 5) is 0. The zero-order valence-corrected chi connectivity index (χ0v) is 17.5. The van der Waals surface area contributed by atoms with Crippen molar-refractivity contribution in [3.63, 3.8) is 0 Å². The van der Waals surface area contributed by atoms with Crippen LogP contribution in [-0.2, 0) is 9.31 Å². The maximum absolute atomic E-state index is 6.56. The molecule has 1 fully saturated rings. The standard InChI is InChI=1S/C24H24BClO2/c1-23(2)24(3,4)28-25(27-23)22-20(17-11-7-5-8-12-17)15-19(26)16-21(22)18-13-9-6-10-14-18/h5-16H,1-4H3. The molecule has 0 aliphatic carbocycles. The van der Waals surface area contributed by atoms with Gasteiger partial charge in [-0.25, -0.2) is 0 Å². The minimum atomic E-state index is -0.479. The van der Waals surface area contributed by atoms with Crippen molar-refractivity contribution in [3.05, 3.63) is 77.8 Å². The van der Waals surface area contributed by atoms with Crippen LogP contribution in [-0.4, -0.2) is 18.3 Å². The van der Waals surface area contributed by atoms with Crippen LogP contribution in [0.1, 0.15) is 27.7 Å². The van der Waals surface area contributed by atoms with Gasteiger partial charge in [0.1, 0.15) is 0 Å². The molecule has 1 heterocycles. The minimum Gasteiger partial charge on any atom is -0.399 e. The van der Waals surface area contributed by atoms with Crippen LogP contribution in [0.15, 0.2) is 72.8 Å². The number of halogens is 1. The van der Waals surface area contributed by atoms with E-state index in [1.165, 1.54) is 0 Å². The highest BCUT2D eigenvalue weighted by molar-refractivity contribution is 6.66. The van der Waals surface area contributed by atoms with E-state index >= 15 is 0 Å². The lowest BCUT2D eigenvalue weighted by atomic mass is 9.70. The van der Waals surface area contributed by atoms with Gasteiger partial charge < -0.3 is 9.31 Å². The number of benzene rings is 3. The molecule has 4 rings (SSSR count). The van der Waals surface area contributed by atoms with Crippen molar-refractivity contribution in [3.8, 4) is 22.3 Å². The summed E-state index contributed by atoms with van der Waals surface area (Å²) < 4.78 is 12.9. The molecule has 4 heteroatoms. The summed E-state index contributed by atoms with van der Waals surface area (Å²) in [7, 11) is -0.479. The topological polar surface area (TPSA) is 18.5 Å². The lowest BCUT2D eigenvalue weighted by Gasteiger charge is -2.32. The van der Waals surface area contributed by atoms with Crippen LogP contribution >= 0.6 is 11.6 Å². The van der Waals surface area contributed by atoms with E-state index in [9.17, 15) is 0 Å². The molecule has 1 aliphatic rings. The smallest absolute Gasteiger partial charge is 0.399 e. The van der Waals surface area contributed by atoms with Crippen LogP contribution in [0.25, 0.3) is 22.3 Å². The third kappa shape index (κ3) is 3.39. The predicted octanol–water partition coefficient (Wildman–Crippen LogP) is 5.97. The Labute approximate surface area is 172 Å². The number of hydrogen-bond acceptors (Lipinski definition) is 2. The summed E-state index contributed by atoms with van der Waals surface area (Å²) in [6, 6.07) is 24.5. The van der Waals surface area contributed by atoms with Crippen molar-refractivity contribution >= 4 is 24.2 Å².